The number of nitrogens with zero attached hydrogens (tertiary/aromatic N) is 4. The quantitative estimate of drug-likeness (QED) is 0.435. The molecule has 2 aliphatic rings. The number of hydrogen-bond donors (Lipinski definition) is 4. The lowest BCUT2D eigenvalue weighted by Gasteiger charge is -2.36. The average molecular weight is 503 g/mol. The molecule has 2 saturated heterocycles. The van der Waals surface area contributed by atoms with Crippen LogP contribution in [0.25, 0.3) is 0 Å². The fraction of sp³-hybridized carbons (Fsp3) is 0.455. The molecule has 3 amide bonds. The van der Waals surface area contributed by atoms with Gasteiger partial charge in [-0.2, -0.15) is 0 Å². The van der Waals surface area contributed by atoms with Crippen molar-refractivity contribution >= 4 is 39.1 Å². The number of anilines is 3. The van der Waals surface area contributed by atoms with Gasteiger partial charge < -0.3 is 31.5 Å². The predicted molar refractivity (Wildman–Crippen MR) is 132 cm³/mol. The minimum atomic E-state index is -3.33. The lowest BCUT2D eigenvalue weighted by atomic mass is 10.1. The molecule has 4 rings (SSSR count). The molecule has 0 bridgehead atoms. The summed E-state index contributed by atoms with van der Waals surface area (Å²) in [5, 5.41) is 9.38. The van der Waals surface area contributed by atoms with Gasteiger partial charge in [-0.1, -0.05) is 0 Å². The first-order valence-corrected chi connectivity index (χ1v) is 13.3. The third-order valence-electron chi connectivity index (χ3n) is 6.02. The highest BCUT2D eigenvalue weighted by Gasteiger charge is 2.26. The van der Waals surface area contributed by atoms with Crippen LogP contribution in [0.15, 0.2) is 35.4 Å². The van der Waals surface area contributed by atoms with Crippen LogP contribution in [0.3, 0.4) is 0 Å². The molecule has 2 fully saturated rings. The molecule has 0 saturated carbocycles. The van der Waals surface area contributed by atoms with Crippen molar-refractivity contribution in [2.24, 2.45) is 5.73 Å². The van der Waals surface area contributed by atoms with Gasteiger partial charge in [-0.15, -0.1) is 0 Å². The Hall–Kier alpha value is -3.45. The molecule has 1 atom stereocenters. The van der Waals surface area contributed by atoms with Crippen molar-refractivity contribution in [2.75, 3.05) is 55.7 Å². The Morgan fingerprint density at radius 1 is 1.14 bits per heavy atom. The molecule has 1 aromatic carbocycles. The van der Waals surface area contributed by atoms with Crippen molar-refractivity contribution in [3.63, 3.8) is 0 Å². The number of piperazine rings is 1. The Bertz CT molecular complexity index is 1180. The number of urea groups is 1. The highest BCUT2D eigenvalue weighted by Crippen LogP contribution is 2.24. The van der Waals surface area contributed by atoms with Gasteiger partial charge in [0.1, 0.15) is 5.82 Å². The molecule has 13 heteroatoms. The standard InChI is InChI=1S/C22H30N8O4S/c1-35(33,34)17-6-4-15(5-7-17)26-21-19(20(23)31)25-13-18(28-21)30-10-2-3-16(14-30)27-22(32)29-11-8-24-9-12-29/h4-7,13,16,24H,2-3,8-12,14H2,1H3,(H2,23,31)(H,26,28)(H,27,32)/t16-/m0/s1. The number of benzene rings is 1. The van der Waals surface area contributed by atoms with Gasteiger partial charge >= 0.3 is 6.03 Å². The molecule has 0 unspecified atom stereocenters. The van der Waals surface area contributed by atoms with Crippen LogP contribution in [0, 0.1) is 0 Å². The minimum absolute atomic E-state index is 0.0264. The molecule has 188 valence electrons. The number of aromatic nitrogens is 2. The van der Waals surface area contributed by atoms with Crippen LogP contribution in [0.4, 0.5) is 22.1 Å². The molecular weight excluding hydrogens is 472 g/mol. The summed E-state index contributed by atoms with van der Waals surface area (Å²) in [6.07, 6.45) is 4.35. The number of nitrogens with one attached hydrogen (secondary N) is 3. The number of primary amides is 1. The summed E-state index contributed by atoms with van der Waals surface area (Å²) in [5.41, 5.74) is 6.00. The first-order valence-electron chi connectivity index (χ1n) is 11.5. The molecule has 0 spiro atoms. The summed E-state index contributed by atoms with van der Waals surface area (Å²) in [5.74, 6) is -0.0143. The highest BCUT2D eigenvalue weighted by molar-refractivity contribution is 7.90. The van der Waals surface area contributed by atoms with Crippen molar-refractivity contribution in [1.29, 1.82) is 0 Å². The van der Waals surface area contributed by atoms with E-state index in [1.807, 2.05) is 9.80 Å². The van der Waals surface area contributed by atoms with Crippen molar-refractivity contribution in [2.45, 2.75) is 23.8 Å². The van der Waals surface area contributed by atoms with E-state index in [-0.39, 0.29) is 28.5 Å². The first-order chi connectivity index (χ1) is 16.7. The van der Waals surface area contributed by atoms with Crippen molar-refractivity contribution in [3.8, 4) is 0 Å². The molecule has 35 heavy (non-hydrogen) atoms. The Kier molecular flexibility index (Phi) is 7.36. The summed E-state index contributed by atoms with van der Waals surface area (Å²) < 4.78 is 23.4. The minimum Gasteiger partial charge on any atom is -0.364 e. The van der Waals surface area contributed by atoms with Crippen molar-refractivity contribution < 1.29 is 18.0 Å². The summed E-state index contributed by atoms with van der Waals surface area (Å²) in [6.45, 7) is 4.24. The van der Waals surface area contributed by atoms with Gasteiger partial charge in [0.25, 0.3) is 5.91 Å². The van der Waals surface area contributed by atoms with E-state index in [0.29, 0.717) is 31.1 Å². The van der Waals surface area contributed by atoms with E-state index in [0.717, 1.165) is 38.7 Å². The van der Waals surface area contributed by atoms with Crippen LogP contribution < -0.4 is 26.6 Å². The van der Waals surface area contributed by atoms with Gasteiger partial charge in [0.05, 0.1) is 11.1 Å². The lowest BCUT2D eigenvalue weighted by Crippen LogP contribution is -2.55. The van der Waals surface area contributed by atoms with E-state index in [1.54, 1.807) is 12.1 Å². The number of carbonyl (C=O) groups is 2. The van der Waals surface area contributed by atoms with Gasteiger partial charge in [0.15, 0.2) is 21.3 Å². The summed E-state index contributed by atoms with van der Waals surface area (Å²) in [4.78, 5) is 37.4. The third-order valence-corrected chi connectivity index (χ3v) is 7.14. The summed E-state index contributed by atoms with van der Waals surface area (Å²) >= 11 is 0. The Morgan fingerprint density at radius 3 is 2.51 bits per heavy atom. The van der Waals surface area contributed by atoms with Crippen LogP contribution >= 0.6 is 0 Å². The largest absolute Gasteiger partial charge is 0.364 e. The summed E-state index contributed by atoms with van der Waals surface area (Å²) in [6, 6.07) is 6.00. The maximum atomic E-state index is 12.6. The van der Waals surface area contributed by atoms with Crippen molar-refractivity contribution in [3.05, 3.63) is 36.2 Å². The Morgan fingerprint density at radius 2 is 1.86 bits per heavy atom. The molecule has 3 heterocycles. The zero-order valence-corrected chi connectivity index (χ0v) is 20.3. The average Bonchev–Trinajstić information content (AvgIpc) is 2.84. The zero-order valence-electron chi connectivity index (χ0n) is 19.5. The Labute approximate surface area is 204 Å². The lowest BCUT2D eigenvalue weighted by molar-refractivity contribution is 0.0996. The Balaban J connectivity index is 1.49. The third kappa shape index (κ3) is 6.17. The van der Waals surface area contributed by atoms with Crippen LogP contribution in [-0.2, 0) is 9.84 Å². The van der Waals surface area contributed by atoms with E-state index in [1.165, 1.54) is 18.3 Å². The first kappa shape index (κ1) is 24.7. The molecular formula is C22H30N8O4S. The SMILES string of the molecule is CS(=O)(=O)c1ccc(Nc2nc(N3CCC[C@H](NC(=O)N4CCNCC4)C3)cnc2C(N)=O)cc1. The topological polar surface area (TPSA) is 163 Å². The second-order valence-corrected chi connectivity index (χ2v) is 10.7. The molecule has 5 N–H and O–H groups in total. The van der Waals surface area contributed by atoms with E-state index in [4.69, 9.17) is 5.73 Å². The number of carbonyl (C=O) groups excluding carboxylic acids is 2. The number of amides is 3. The molecule has 2 aliphatic heterocycles. The monoisotopic (exact) mass is 502 g/mol. The smallest absolute Gasteiger partial charge is 0.317 e. The normalized spacial score (nSPS) is 18.7. The molecule has 12 nitrogen and oxygen atoms in total. The fourth-order valence-electron chi connectivity index (χ4n) is 4.16. The van der Waals surface area contributed by atoms with Gasteiger partial charge in [-0.3, -0.25) is 4.79 Å². The van der Waals surface area contributed by atoms with E-state index >= 15 is 0 Å². The van der Waals surface area contributed by atoms with Crippen LogP contribution in [0.2, 0.25) is 0 Å². The van der Waals surface area contributed by atoms with Crippen LogP contribution in [0.1, 0.15) is 23.3 Å². The maximum Gasteiger partial charge on any atom is 0.317 e. The van der Waals surface area contributed by atoms with Gasteiger partial charge in [0, 0.05) is 57.3 Å². The molecule has 0 radical (unpaired) electrons. The number of nitrogens with two attached hydrogens (primary N) is 1. The van der Waals surface area contributed by atoms with E-state index in [2.05, 4.69) is 25.9 Å². The number of hydrogen-bond acceptors (Lipinski definition) is 9. The maximum absolute atomic E-state index is 12.6. The van der Waals surface area contributed by atoms with Gasteiger partial charge in [0.2, 0.25) is 0 Å². The molecule has 1 aromatic heterocycles. The van der Waals surface area contributed by atoms with Crippen LogP contribution in [-0.4, -0.2) is 86.8 Å². The summed E-state index contributed by atoms with van der Waals surface area (Å²) in [7, 11) is -3.33. The molecule has 2 aromatic rings. The second kappa shape index (κ2) is 10.4. The highest BCUT2D eigenvalue weighted by atomic mass is 32.2. The van der Waals surface area contributed by atoms with Gasteiger partial charge in [-0.05, 0) is 37.1 Å². The van der Waals surface area contributed by atoms with Gasteiger partial charge in [-0.25, -0.2) is 23.2 Å². The number of rotatable bonds is 6. The van der Waals surface area contributed by atoms with Crippen molar-refractivity contribution in [1.82, 2.24) is 25.5 Å². The van der Waals surface area contributed by atoms with E-state index < -0.39 is 15.7 Å². The second-order valence-electron chi connectivity index (χ2n) is 8.68. The van der Waals surface area contributed by atoms with E-state index in [9.17, 15) is 18.0 Å². The number of piperidine rings is 1. The molecule has 0 aliphatic carbocycles. The predicted octanol–water partition coefficient (Wildman–Crippen LogP) is 0.306. The number of sulfone groups is 1. The van der Waals surface area contributed by atoms with Crippen LogP contribution in [0.5, 0.6) is 0 Å². The fourth-order valence-corrected chi connectivity index (χ4v) is 4.79. The zero-order chi connectivity index (χ0) is 25.0.